The summed E-state index contributed by atoms with van der Waals surface area (Å²) in [6.07, 6.45) is 19.1. The van der Waals surface area contributed by atoms with E-state index in [-0.39, 0.29) is 11.9 Å². The average molecular weight is 395 g/mol. The monoisotopic (exact) mass is 394 g/mol. The van der Waals surface area contributed by atoms with Gasteiger partial charge in [-0.25, -0.2) is 0 Å². The van der Waals surface area contributed by atoms with Crippen LogP contribution in [-0.2, 0) is 11.2 Å². The number of hydrogen-bond acceptors (Lipinski definition) is 2. The number of carbonyl (C=O) groups excluding carboxylic acids is 1. The number of carbonyl (C=O) groups is 1. The van der Waals surface area contributed by atoms with Crippen LogP contribution in [0.15, 0.2) is 47.6 Å². The Kier molecular flexibility index (Phi) is 8.58. The molecule has 2 aliphatic carbocycles. The molecule has 0 aliphatic heterocycles. The van der Waals surface area contributed by atoms with E-state index in [1.165, 1.54) is 62.5 Å². The molecule has 1 aromatic rings. The van der Waals surface area contributed by atoms with E-state index in [2.05, 4.69) is 38.1 Å². The van der Waals surface area contributed by atoms with Gasteiger partial charge in [0.05, 0.1) is 5.92 Å². The Morgan fingerprint density at radius 2 is 1.83 bits per heavy atom. The van der Waals surface area contributed by atoms with Crippen LogP contribution in [0.2, 0.25) is 0 Å². The Morgan fingerprint density at radius 1 is 1.00 bits per heavy atom. The van der Waals surface area contributed by atoms with E-state index in [1.54, 1.807) is 5.57 Å². The third-order valence-corrected chi connectivity index (χ3v) is 6.67. The molecule has 2 unspecified atom stereocenters. The van der Waals surface area contributed by atoms with Crippen molar-refractivity contribution in [1.82, 2.24) is 0 Å². The molecule has 0 radical (unpaired) electrons. The topological polar surface area (TPSA) is 26.3 Å². The highest BCUT2D eigenvalue weighted by Crippen LogP contribution is 2.30. The molecule has 0 bridgehead atoms. The summed E-state index contributed by atoms with van der Waals surface area (Å²) in [5.74, 6) is 1.45. The van der Waals surface area contributed by atoms with Gasteiger partial charge in [0.25, 0.3) is 0 Å². The zero-order valence-corrected chi connectivity index (χ0v) is 18.4. The van der Waals surface area contributed by atoms with Crippen molar-refractivity contribution in [2.45, 2.75) is 90.9 Å². The average Bonchev–Trinajstić information content (AvgIpc) is 2.75. The zero-order valence-electron chi connectivity index (χ0n) is 18.4. The lowest BCUT2D eigenvalue weighted by Gasteiger charge is -2.22. The van der Waals surface area contributed by atoms with E-state index in [9.17, 15) is 4.79 Å². The third kappa shape index (κ3) is 7.17. The van der Waals surface area contributed by atoms with E-state index in [4.69, 9.17) is 4.74 Å². The Hall–Kier alpha value is -1.83. The molecule has 0 heterocycles. The molecule has 0 amide bonds. The van der Waals surface area contributed by atoms with Crippen LogP contribution < -0.4 is 4.74 Å². The normalized spacial score (nSPS) is 22.0. The summed E-state index contributed by atoms with van der Waals surface area (Å²) in [6.45, 7) is 4.41. The predicted molar refractivity (Wildman–Crippen MR) is 121 cm³/mol. The van der Waals surface area contributed by atoms with E-state index in [1.807, 2.05) is 12.1 Å². The summed E-state index contributed by atoms with van der Waals surface area (Å²) >= 11 is 0. The molecule has 29 heavy (non-hydrogen) atoms. The molecule has 2 atom stereocenters. The first kappa shape index (κ1) is 21.9. The van der Waals surface area contributed by atoms with Crippen molar-refractivity contribution in [2.75, 3.05) is 0 Å². The highest BCUT2D eigenvalue weighted by molar-refractivity contribution is 5.75. The molecule has 3 rings (SSSR count). The van der Waals surface area contributed by atoms with E-state index in [0.29, 0.717) is 5.75 Å². The van der Waals surface area contributed by atoms with Gasteiger partial charge in [0.2, 0.25) is 0 Å². The zero-order chi connectivity index (χ0) is 20.5. The lowest BCUT2D eigenvalue weighted by molar-refractivity contribution is -0.139. The van der Waals surface area contributed by atoms with Gasteiger partial charge in [-0.1, -0.05) is 55.2 Å². The predicted octanol–water partition coefficient (Wildman–Crippen LogP) is 7.58. The van der Waals surface area contributed by atoms with Gasteiger partial charge >= 0.3 is 5.97 Å². The van der Waals surface area contributed by atoms with Gasteiger partial charge < -0.3 is 4.74 Å². The number of rotatable bonds is 9. The molecule has 0 spiro atoms. The van der Waals surface area contributed by atoms with Gasteiger partial charge in [-0.05, 0) is 94.7 Å². The fourth-order valence-corrected chi connectivity index (χ4v) is 4.51. The maximum absolute atomic E-state index is 12.3. The van der Waals surface area contributed by atoms with Gasteiger partial charge in [0, 0.05) is 0 Å². The summed E-state index contributed by atoms with van der Waals surface area (Å²) in [5, 5.41) is 0. The highest BCUT2D eigenvalue weighted by atomic mass is 16.5. The minimum absolute atomic E-state index is 0.0181. The second-order valence-corrected chi connectivity index (χ2v) is 9.09. The Labute approximate surface area is 177 Å². The molecule has 0 aromatic heterocycles. The standard InChI is InChI=1S/C27H38O2/c1-3-4-5-6-22-9-11-23(12-10-22)13-14-24-15-19-26(20-16-24)29-27(28)25-17-7-21(2)8-18-25/h7,9,15-16,19-20,23,25H,3-6,8,10-14,17-18H2,1-2H3. The second kappa shape index (κ2) is 11.4. The Bertz CT molecular complexity index is 711. The molecule has 0 saturated heterocycles. The maximum atomic E-state index is 12.3. The van der Waals surface area contributed by atoms with Crippen molar-refractivity contribution >= 4 is 5.97 Å². The van der Waals surface area contributed by atoms with Crippen LogP contribution in [0.25, 0.3) is 0 Å². The van der Waals surface area contributed by atoms with Crippen molar-refractivity contribution in [3.05, 3.63) is 53.1 Å². The van der Waals surface area contributed by atoms with Crippen LogP contribution in [0.3, 0.4) is 0 Å². The number of benzene rings is 1. The fourth-order valence-electron chi connectivity index (χ4n) is 4.51. The summed E-state index contributed by atoms with van der Waals surface area (Å²) in [6, 6.07) is 8.18. The molecule has 0 saturated carbocycles. The highest BCUT2D eigenvalue weighted by Gasteiger charge is 2.22. The Balaban J connectivity index is 1.39. The van der Waals surface area contributed by atoms with Crippen LogP contribution in [0, 0.1) is 11.8 Å². The van der Waals surface area contributed by atoms with Crippen molar-refractivity contribution in [2.24, 2.45) is 11.8 Å². The molecular weight excluding hydrogens is 356 g/mol. The first-order valence-electron chi connectivity index (χ1n) is 11.8. The molecular formula is C27H38O2. The fraction of sp³-hybridized carbons (Fsp3) is 0.593. The van der Waals surface area contributed by atoms with Crippen molar-refractivity contribution in [1.29, 1.82) is 0 Å². The number of aryl methyl sites for hydroxylation is 1. The molecule has 2 heteroatoms. The van der Waals surface area contributed by atoms with E-state index in [0.717, 1.165) is 31.6 Å². The number of ether oxygens (including phenoxy) is 1. The van der Waals surface area contributed by atoms with E-state index >= 15 is 0 Å². The summed E-state index contributed by atoms with van der Waals surface area (Å²) in [5.41, 5.74) is 4.43. The van der Waals surface area contributed by atoms with Crippen LogP contribution in [0.1, 0.15) is 90.0 Å². The van der Waals surface area contributed by atoms with Gasteiger partial charge in [0.1, 0.15) is 5.75 Å². The first-order valence-corrected chi connectivity index (χ1v) is 11.8. The van der Waals surface area contributed by atoms with Gasteiger partial charge in [-0.2, -0.15) is 0 Å². The largest absolute Gasteiger partial charge is 0.426 e. The lowest BCUT2D eigenvalue weighted by Crippen LogP contribution is -2.22. The molecule has 0 fully saturated rings. The lowest BCUT2D eigenvalue weighted by atomic mass is 9.84. The van der Waals surface area contributed by atoms with Gasteiger partial charge in [-0.15, -0.1) is 0 Å². The minimum atomic E-state index is -0.0785. The number of esters is 1. The third-order valence-electron chi connectivity index (χ3n) is 6.67. The summed E-state index contributed by atoms with van der Waals surface area (Å²) < 4.78 is 5.61. The molecule has 0 N–H and O–H groups in total. The summed E-state index contributed by atoms with van der Waals surface area (Å²) in [4.78, 5) is 12.3. The molecule has 2 aliphatic rings. The SMILES string of the molecule is CCCCCC1=CCC(CCc2ccc(OC(=O)C3CC=C(C)CC3)cc2)CC1. The second-order valence-electron chi connectivity index (χ2n) is 9.09. The quantitative estimate of drug-likeness (QED) is 0.187. The number of allylic oxidation sites excluding steroid dienone is 4. The molecule has 2 nitrogen and oxygen atoms in total. The van der Waals surface area contributed by atoms with Gasteiger partial charge in [-0.3, -0.25) is 4.79 Å². The van der Waals surface area contributed by atoms with Crippen molar-refractivity contribution in [3.8, 4) is 5.75 Å². The van der Waals surface area contributed by atoms with E-state index < -0.39 is 0 Å². The van der Waals surface area contributed by atoms with Crippen LogP contribution in [0.4, 0.5) is 0 Å². The van der Waals surface area contributed by atoms with Gasteiger partial charge in [0.15, 0.2) is 0 Å². The maximum Gasteiger partial charge on any atom is 0.314 e. The summed E-state index contributed by atoms with van der Waals surface area (Å²) in [7, 11) is 0. The number of unbranched alkanes of at least 4 members (excludes halogenated alkanes) is 2. The van der Waals surface area contributed by atoms with Crippen LogP contribution in [-0.4, -0.2) is 5.97 Å². The van der Waals surface area contributed by atoms with Crippen LogP contribution in [0.5, 0.6) is 5.75 Å². The molecule has 158 valence electrons. The van der Waals surface area contributed by atoms with Crippen molar-refractivity contribution in [3.63, 3.8) is 0 Å². The Morgan fingerprint density at radius 3 is 2.48 bits per heavy atom. The number of hydrogen-bond donors (Lipinski definition) is 0. The molecule has 1 aromatic carbocycles. The smallest absolute Gasteiger partial charge is 0.314 e. The van der Waals surface area contributed by atoms with Crippen molar-refractivity contribution < 1.29 is 9.53 Å². The minimum Gasteiger partial charge on any atom is -0.426 e. The van der Waals surface area contributed by atoms with Crippen LogP contribution >= 0.6 is 0 Å². The first-order chi connectivity index (χ1) is 14.1.